The molecule has 0 aliphatic heterocycles. The molecule has 0 N–H and O–H groups in total. The Morgan fingerprint density at radius 3 is 2.00 bits per heavy atom. The van der Waals surface area contributed by atoms with Crippen LogP contribution in [0.3, 0.4) is 0 Å². The molecule has 3 aliphatic carbocycles. The number of anilines is 3. The fourth-order valence-electron chi connectivity index (χ4n) is 7.48. The van der Waals surface area contributed by atoms with Gasteiger partial charge in [0.05, 0.1) is 0 Å². The second-order valence-corrected chi connectivity index (χ2v) is 14.5. The number of para-hydroxylation sites is 2. The smallest absolute Gasteiger partial charge is 0.0464 e. The maximum Gasteiger partial charge on any atom is 0.0464 e. The van der Waals surface area contributed by atoms with Crippen LogP contribution in [0.25, 0.3) is 12.2 Å². The molecular weight excluding hydrogens is 629 g/mol. The number of hydrogen-bond donors (Lipinski definition) is 0. The monoisotopic (exact) mass is 678 g/mol. The first-order chi connectivity index (χ1) is 25.4. The number of aryl methyl sites for hydroxylation is 1. The average molecular weight is 679 g/mol. The molecule has 4 atom stereocenters. The van der Waals surface area contributed by atoms with Crippen LogP contribution in [-0.2, 0) is 0 Å². The van der Waals surface area contributed by atoms with Gasteiger partial charge in [-0.2, -0.15) is 0 Å². The minimum atomic E-state index is 0.327. The van der Waals surface area contributed by atoms with Gasteiger partial charge in [0, 0.05) is 46.0 Å². The Balaban J connectivity index is 1.02. The lowest BCUT2D eigenvalue weighted by Crippen LogP contribution is -2.25. The third-order valence-electron chi connectivity index (χ3n) is 10.4. The van der Waals surface area contributed by atoms with E-state index in [-0.39, 0.29) is 0 Å². The molecule has 7 rings (SSSR count). The van der Waals surface area contributed by atoms with E-state index in [1.54, 1.807) is 0 Å². The van der Waals surface area contributed by atoms with Gasteiger partial charge in [-0.3, -0.25) is 0 Å². The van der Waals surface area contributed by atoms with E-state index >= 15 is 0 Å². The van der Waals surface area contributed by atoms with Crippen LogP contribution in [0.15, 0.2) is 193 Å². The molecule has 0 heterocycles. The SMILES string of the molecule is CC1=CC(N(C2=CC=CC(C)C2)c2ccccc2)=CCC1/C=C\c1cccc(/C=C/C2C=CC(N(c3ccccc3)c3cccc(C)c3)=CC2C)c1. The lowest BCUT2D eigenvalue weighted by atomic mass is 9.87. The first-order valence-electron chi connectivity index (χ1n) is 18.8. The van der Waals surface area contributed by atoms with Gasteiger partial charge in [0.2, 0.25) is 0 Å². The summed E-state index contributed by atoms with van der Waals surface area (Å²) in [7, 11) is 0. The molecule has 2 heteroatoms. The van der Waals surface area contributed by atoms with Crippen molar-refractivity contribution < 1.29 is 0 Å². The molecule has 4 aromatic rings. The lowest BCUT2D eigenvalue weighted by molar-refractivity contribution is 0.601. The molecule has 0 amide bonds. The standard InChI is InChI=1S/C50H50N2/c1-37-14-11-22-47(32-37)51(45-18-7-5-8-19-45)49-30-28-43(39(3)34-49)26-24-41-16-13-17-42(36-41)25-27-44-29-31-50(35-40(44)4)52(46-20-9-6-10-21-46)48-23-12-15-38(2)33-48/h5-28,30-32,34-36,38-39,43-44H,29,33H2,1-4H3/b26-24+,27-25-. The highest BCUT2D eigenvalue weighted by Crippen LogP contribution is 2.37. The van der Waals surface area contributed by atoms with Crippen molar-refractivity contribution in [3.05, 3.63) is 209 Å². The van der Waals surface area contributed by atoms with Crippen molar-refractivity contribution in [3.8, 4) is 0 Å². The van der Waals surface area contributed by atoms with Crippen LogP contribution in [0.4, 0.5) is 17.1 Å². The minimum absolute atomic E-state index is 0.327. The van der Waals surface area contributed by atoms with Crippen LogP contribution in [0.2, 0.25) is 0 Å². The average Bonchev–Trinajstić information content (AvgIpc) is 3.16. The van der Waals surface area contributed by atoms with Gasteiger partial charge in [-0.25, -0.2) is 0 Å². The fourth-order valence-corrected chi connectivity index (χ4v) is 7.48. The summed E-state index contributed by atoms with van der Waals surface area (Å²) in [5, 5.41) is 0. The van der Waals surface area contributed by atoms with Gasteiger partial charge < -0.3 is 9.80 Å². The largest absolute Gasteiger partial charge is 0.315 e. The van der Waals surface area contributed by atoms with Crippen LogP contribution in [0, 0.1) is 30.6 Å². The van der Waals surface area contributed by atoms with E-state index in [1.807, 2.05) is 0 Å². The van der Waals surface area contributed by atoms with Gasteiger partial charge in [-0.1, -0.05) is 141 Å². The van der Waals surface area contributed by atoms with Crippen molar-refractivity contribution in [2.75, 3.05) is 9.80 Å². The van der Waals surface area contributed by atoms with Crippen LogP contribution < -0.4 is 9.80 Å². The molecule has 0 bridgehead atoms. The van der Waals surface area contributed by atoms with E-state index in [1.165, 1.54) is 56.4 Å². The molecule has 3 aliphatic rings. The minimum Gasteiger partial charge on any atom is -0.315 e. The van der Waals surface area contributed by atoms with Crippen molar-refractivity contribution in [1.82, 2.24) is 0 Å². The Labute approximate surface area is 311 Å². The molecule has 0 fully saturated rings. The molecule has 52 heavy (non-hydrogen) atoms. The van der Waals surface area contributed by atoms with Crippen molar-refractivity contribution in [2.45, 2.75) is 40.5 Å². The van der Waals surface area contributed by atoms with Crippen LogP contribution in [0.5, 0.6) is 0 Å². The first-order valence-corrected chi connectivity index (χ1v) is 18.8. The second kappa shape index (κ2) is 16.2. The number of hydrogen-bond acceptors (Lipinski definition) is 2. The zero-order valence-corrected chi connectivity index (χ0v) is 30.9. The topological polar surface area (TPSA) is 6.48 Å². The molecule has 260 valence electrons. The lowest BCUT2D eigenvalue weighted by Gasteiger charge is -2.33. The van der Waals surface area contributed by atoms with E-state index in [0.717, 1.165) is 12.8 Å². The molecule has 4 unspecified atom stereocenters. The summed E-state index contributed by atoms with van der Waals surface area (Å²) in [5.41, 5.74) is 12.5. The van der Waals surface area contributed by atoms with Crippen molar-refractivity contribution >= 4 is 29.2 Å². The predicted molar refractivity (Wildman–Crippen MR) is 224 cm³/mol. The quantitative estimate of drug-likeness (QED) is 0.165. The summed E-state index contributed by atoms with van der Waals surface area (Å²) in [6.45, 7) is 9.05. The van der Waals surface area contributed by atoms with E-state index in [9.17, 15) is 0 Å². The maximum atomic E-state index is 2.45. The number of rotatable bonds is 10. The Kier molecular flexibility index (Phi) is 10.8. The highest BCUT2D eigenvalue weighted by atomic mass is 15.2. The Morgan fingerprint density at radius 1 is 0.654 bits per heavy atom. The summed E-state index contributed by atoms with van der Waals surface area (Å²) < 4.78 is 0. The van der Waals surface area contributed by atoms with E-state index < -0.39 is 0 Å². The maximum absolute atomic E-state index is 2.45. The Morgan fingerprint density at radius 2 is 1.33 bits per heavy atom. The van der Waals surface area contributed by atoms with Gasteiger partial charge in [-0.15, -0.1) is 0 Å². The zero-order valence-electron chi connectivity index (χ0n) is 30.9. The van der Waals surface area contributed by atoms with E-state index in [2.05, 4.69) is 220 Å². The number of allylic oxidation sites excluding steroid dienone is 12. The zero-order chi connectivity index (χ0) is 35.9. The summed E-state index contributed by atoms with van der Waals surface area (Å²) in [4.78, 5) is 4.81. The van der Waals surface area contributed by atoms with Crippen molar-refractivity contribution in [1.29, 1.82) is 0 Å². The highest BCUT2D eigenvalue weighted by molar-refractivity contribution is 5.71. The van der Waals surface area contributed by atoms with Gasteiger partial charge >= 0.3 is 0 Å². The Hall–Kier alpha value is -5.60. The summed E-state index contributed by atoms with van der Waals surface area (Å²) in [6, 6.07) is 39.1. The third-order valence-corrected chi connectivity index (χ3v) is 10.4. The van der Waals surface area contributed by atoms with Gasteiger partial charge in [-0.05, 0) is 116 Å². The van der Waals surface area contributed by atoms with E-state index in [4.69, 9.17) is 0 Å². The van der Waals surface area contributed by atoms with E-state index in [0.29, 0.717) is 23.7 Å². The normalized spacial score (nSPS) is 21.5. The molecule has 0 saturated heterocycles. The fraction of sp³-hybridized carbons (Fsp3) is 0.200. The van der Waals surface area contributed by atoms with Gasteiger partial charge in [0.25, 0.3) is 0 Å². The first kappa shape index (κ1) is 34.8. The molecule has 0 saturated carbocycles. The van der Waals surface area contributed by atoms with Crippen molar-refractivity contribution in [3.63, 3.8) is 0 Å². The summed E-state index contributed by atoms with van der Waals surface area (Å²) in [6.07, 6.45) is 30.0. The van der Waals surface area contributed by atoms with Crippen LogP contribution >= 0.6 is 0 Å². The van der Waals surface area contributed by atoms with Crippen LogP contribution in [-0.4, -0.2) is 0 Å². The number of benzene rings is 4. The second-order valence-electron chi connectivity index (χ2n) is 14.5. The molecule has 0 spiro atoms. The molecule has 4 aromatic carbocycles. The number of nitrogens with zero attached hydrogens (tertiary/aromatic N) is 2. The summed E-state index contributed by atoms with van der Waals surface area (Å²) in [5.74, 6) is 1.60. The third kappa shape index (κ3) is 8.30. The molecule has 0 radical (unpaired) electrons. The van der Waals surface area contributed by atoms with Gasteiger partial charge in [0.1, 0.15) is 0 Å². The molecule has 2 nitrogen and oxygen atoms in total. The van der Waals surface area contributed by atoms with Gasteiger partial charge in [0.15, 0.2) is 0 Å². The molecule has 0 aromatic heterocycles. The molecular formula is C50H50N2. The van der Waals surface area contributed by atoms with Crippen LogP contribution in [0.1, 0.15) is 50.3 Å². The Bertz CT molecular complexity index is 2100. The summed E-state index contributed by atoms with van der Waals surface area (Å²) >= 11 is 0. The van der Waals surface area contributed by atoms with Crippen molar-refractivity contribution in [2.24, 2.45) is 23.7 Å². The predicted octanol–water partition coefficient (Wildman–Crippen LogP) is 13.4. The highest BCUT2D eigenvalue weighted by Gasteiger charge is 2.23.